The molecule has 42 heavy (non-hydrogen) atoms. The molecule has 5 N–H and O–H groups in total. The molecule has 0 radical (unpaired) electrons. The SMILES string of the molecule is C=C1CC[C@]2(C)CC[C@]3(C)[C@H]4[C@H](OC(C)=O)[C@@H](O)[C@@]56CO[C@H](O)[C@@]4(CC[C@@]3(C(=O)OC)[C@]2(O)C1)[C@@H]5C[C@@H](O)[C@H](O)[C@@H]6C. The van der Waals surface area contributed by atoms with Crippen LogP contribution in [0, 0.1) is 44.8 Å². The minimum Gasteiger partial charge on any atom is -0.468 e. The van der Waals surface area contributed by atoms with Crippen LogP contribution in [0.25, 0.3) is 0 Å². The first kappa shape index (κ1) is 30.5. The van der Waals surface area contributed by atoms with Crippen LogP contribution < -0.4 is 0 Å². The van der Waals surface area contributed by atoms with E-state index in [1.165, 1.54) is 14.0 Å². The molecule has 10 heteroatoms. The molecule has 0 aromatic carbocycles. The van der Waals surface area contributed by atoms with Gasteiger partial charge in [0.25, 0.3) is 0 Å². The molecule has 10 nitrogen and oxygen atoms in total. The number of methoxy groups -OCH3 is 1. The molecule has 0 unspecified atom stereocenters. The quantitative estimate of drug-likeness (QED) is 0.236. The summed E-state index contributed by atoms with van der Waals surface area (Å²) in [6.45, 7) is 11.1. The van der Waals surface area contributed by atoms with E-state index in [4.69, 9.17) is 14.2 Å². The van der Waals surface area contributed by atoms with Gasteiger partial charge in [0.05, 0.1) is 37.6 Å². The average molecular weight is 593 g/mol. The zero-order chi connectivity index (χ0) is 30.8. The molecule has 5 saturated carbocycles. The van der Waals surface area contributed by atoms with Crippen LogP contribution in [0.5, 0.6) is 0 Å². The fraction of sp³-hybridized carbons (Fsp3) is 0.875. The highest BCUT2D eigenvalue weighted by molar-refractivity contribution is 5.81. The van der Waals surface area contributed by atoms with Gasteiger partial charge in [0, 0.05) is 23.7 Å². The van der Waals surface area contributed by atoms with E-state index in [1.54, 1.807) is 6.92 Å². The minimum absolute atomic E-state index is 0.0854. The number of hydrogen-bond acceptors (Lipinski definition) is 10. The van der Waals surface area contributed by atoms with Crippen molar-refractivity contribution in [2.45, 2.75) is 115 Å². The Morgan fingerprint density at radius 1 is 1.02 bits per heavy atom. The van der Waals surface area contributed by atoms with Gasteiger partial charge in [0.1, 0.15) is 11.5 Å². The van der Waals surface area contributed by atoms with Gasteiger partial charge in [-0.2, -0.15) is 0 Å². The molecular weight excluding hydrogens is 544 g/mol. The van der Waals surface area contributed by atoms with Crippen molar-refractivity contribution in [3.8, 4) is 0 Å². The van der Waals surface area contributed by atoms with E-state index < -0.39 is 93.1 Å². The lowest BCUT2D eigenvalue weighted by Crippen LogP contribution is -2.84. The number of carbonyl (C=O) groups excluding carboxylic acids is 2. The van der Waals surface area contributed by atoms with Crippen LogP contribution in [0.15, 0.2) is 12.2 Å². The predicted molar refractivity (Wildman–Crippen MR) is 148 cm³/mol. The molecule has 6 aliphatic rings. The summed E-state index contributed by atoms with van der Waals surface area (Å²) in [4.78, 5) is 27.1. The van der Waals surface area contributed by atoms with Crippen molar-refractivity contribution in [1.82, 2.24) is 0 Å². The monoisotopic (exact) mass is 592 g/mol. The Bertz CT molecular complexity index is 1190. The summed E-state index contributed by atoms with van der Waals surface area (Å²) in [5, 5.41) is 59.4. The fourth-order valence-corrected chi connectivity index (χ4v) is 12.1. The minimum atomic E-state index is -1.55. The van der Waals surface area contributed by atoms with E-state index in [9.17, 15) is 35.1 Å². The first-order valence-corrected chi connectivity index (χ1v) is 15.5. The van der Waals surface area contributed by atoms with Crippen molar-refractivity contribution in [3.63, 3.8) is 0 Å². The molecule has 0 aromatic heterocycles. The lowest BCUT2D eigenvalue weighted by atomic mass is 9.27. The van der Waals surface area contributed by atoms with Crippen molar-refractivity contribution in [2.24, 2.45) is 44.8 Å². The van der Waals surface area contributed by atoms with Gasteiger partial charge >= 0.3 is 11.9 Å². The molecular formula is C32H48O10. The molecule has 0 aromatic rings. The summed E-state index contributed by atoms with van der Waals surface area (Å²) >= 11 is 0. The van der Waals surface area contributed by atoms with Crippen LogP contribution in [-0.4, -0.2) is 87.5 Å². The van der Waals surface area contributed by atoms with Gasteiger partial charge in [-0.1, -0.05) is 32.9 Å². The highest BCUT2D eigenvalue weighted by Gasteiger charge is 2.85. The number of fused-ring (bicyclic) bond motifs is 4. The maximum atomic E-state index is 14.4. The van der Waals surface area contributed by atoms with Gasteiger partial charge in [0.15, 0.2) is 6.29 Å². The second-order valence-electron chi connectivity index (χ2n) is 15.2. The Morgan fingerprint density at radius 2 is 1.71 bits per heavy atom. The van der Waals surface area contributed by atoms with Crippen LogP contribution in [-0.2, 0) is 23.8 Å². The van der Waals surface area contributed by atoms with Gasteiger partial charge in [-0.05, 0) is 74.0 Å². The Morgan fingerprint density at radius 3 is 2.36 bits per heavy atom. The third-order valence-electron chi connectivity index (χ3n) is 14.1. The van der Waals surface area contributed by atoms with Crippen LogP contribution in [0.3, 0.4) is 0 Å². The van der Waals surface area contributed by atoms with Gasteiger partial charge < -0.3 is 39.7 Å². The number of hydrogen-bond donors (Lipinski definition) is 5. The Balaban J connectivity index is 1.64. The first-order chi connectivity index (χ1) is 19.5. The standard InChI is InChI=1S/C32H48O10/c1-16-7-8-27(4)9-10-28(5)23-22(42-18(3)33)24(36)30-15-41-25(37)29(23,20(30)13-19(34)21(35)17(30)2)11-12-31(28,26(38)40-6)32(27,39)14-16/h17,19-25,34-37,39H,1,7-15H2,2-6H3/t17-,19+,20-,21+,22-,23+,24+,25-,27+,28+,29-,30+,31-,32-/m0/s1. The van der Waals surface area contributed by atoms with Crippen molar-refractivity contribution < 1.29 is 49.3 Å². The smallest absolute Gasteiger partial charge is 0.315 e. The molecule has 5 aliphatic carbocycles. The largest absolute Gasteiger partial charge is 0.468 e. The zero-order valence-electron chi connectivity index (χ0n) is 25.5. The summed E-state index contributed by atoms with van der Waals surface area (Å²) < 4.78 is 17.7. The first-order valence-electron chi connectivity index (χ1n) is 15.5. The van der Waals surface area contributed by atoms with Crippen LogP contribution in [0.4, 0.5) is 0 Å². The molecule has 1 spiro atoms. The number of carbonyl (C=O) groups is 2. The van der Waals surface area contributed by atoms with Crippen LogP contribution in [0.2, 0.25) is 0 Å². The maximum Gasteiger partial charge on any atom is 0.315 e. The van der Waals surface area contributed by atoms with E-state index in [0.717, 1.165) is 12.0 Å². The summed E-state index contributed by atoms with van der Waals surface area (Å²) in [6, 6.07) is 0. The van der Waals surface area contributed by atoms with Crippen molar-refractivity contribution >= 4 is 11.9 Å². The highest BCUT2D eigenvalue weighted by Crippen LogP contribution is 2.81. The normalized spacial score (nSPS) is 56.7. The average Bonchev–Trinajstić information content (AvgIpc) is 2.93. The summed E-state index contributed by atoms with van der Waals surface area (Å²) in [5.41, 5.74) is -6.22. The molecule has 0 amide bonds. The predicted octanol–water partition coefficient (Wildman–Crippen LogP) is 1.84. The van der Waals surface area contributed by atoms with Crippen molar-refractivity contribution in [1.29, 1.82) is 0 Å². The summed E-state index contributed by atoms with van der Waals surface area (Å²) in [7, 11) is 1.32. The second-order valence-corrected chi connectivity index (χ2v) is 15.2. The molecule has 2 bridgehead atoms. The Hall–Kier alpha value is -1.56. The molecule has 1 saturated heterocycles. The Kier molecular flexibility index (Phi) is 6.70. The van der Waals surface area contributed by atoms with Gasteiger partial charge in [0.2, 0.25) is 0 Å². The van der Waals surface area contributed by atoms with Crippen molar-refractivity contribution in [2.75, 3.05) is 13.7 Å². The van der Waals surface area contributed by atoms with E-state index >= 15 is 0 Å². The number of aliphatic hydroxyl groups is 5. The Labute approximate surface area is 247 Å². The van der Waals surface area contributed by atoms with E-state index in [1.807, 2.05) is 13.8 Å². The zero-order valence-corrected chi connectivity index (χ0v) is 25.5. The molecule has 236 valence electrons. The van der Waals surface area contributed by atoms with Crippen LogP contribution >= 0.6 is 0 Å². The summed E-state index contributed by atoms with van der Waals surface area (Å²) in [6.07, 6.45) is -3.03. The van der Waals surface area contributed by atoms with Gasteiger partial charge in [-0.3, -0.25) is 9.59 Å². The number of aliphatic hydroxyl groups excluding tert-OH is 4. The third-order valence-corrected chi connectivity index (χ3v) is 14.1. The van der Waals surface area contributed by atoms with Gasteiger partial charge in [-0.25, -0.2) is 0 Å². The maximum absolute atomic E-state index is 14.4. The number of ether oxygens (including phenoxy) is 3. The van der Waals surface area contributed by atoms with E-state index in [0.29, 0.717) is 19.3 Å². The summed E-state index contributed by atoms with van der Waals surface area (Å²) in [5.74, 6) is -3.20. The molecule has 6 fully saturated rings. The van der Waals surface area contributed by atoms with Crippen molar-refractivity contribution in [3.05, 3.63) is 12.2 Å². The number of esters is 2. The van der Waals surface area contributed by atoms with E-state index in [-0.39, 0.29) is 32.3 Å². The lowest BCUT2D eigenvalue weighted by molar-refractivity contribution is -0.418. The number of rotatable bonds is 2. The second kappa shape index (κ2) is 9.23. The van der Waals surface area contributed by atoms with Crippen LogP contribution in [0.1, 0.15) is 79.1 Å². The highest BCUT2D eigenvalue weighted by atomic mass is 16.6. The van der Waals surface area contributed by atoms with Gasteiger partial charge in [-0.15, -0.1) is 0 Å². The fourth-order valence-electron chi connectivity index (χ4n) is 12.1. The topological polar surface area (TPSA) is 163 Å². The molecule has 14 atom stereocenters. The molecule has 6 rings (SSSR count). The molecule has 1 aliphatic heterocycles. The molecule has 1 heterocycles. The third kappa shape index (κ3) is 3.17. The van der Waals surface area contributed by atoms with E-state index in [2.05, 4.69) is 6.58 Å². The lowest BCUT2D eigenvalue weighted by Gasteiger charge is -2.78.